The van der Waals surface area contributed by atoms with E-state index >= 15 is 0 Å². The van der Waals surface area contributed by atoms with E-state index in [0.29, 0.717) is 11.3 Å². The van der Waals surface area contributed by atoms with Crippen molar-refractivity contribution in [3.63, 3.8) is 0 Å². The van der Waals surface area contributed by atoms with Gasteiger partial charge in [-0.1, -0.05) is 0 Å². The molecule has 2 amide bonds. The maximum atomic E-state index is 12.6. The Morgan fingerprint density at radius 3 is 2.24 bits per heavy atom. The Balaban J connectivity index is 1.66. The van der Waals surface area contributed by atoms with Gasteiger partial charge in [-0.15, -0.1) is 0 Å². The molecular formula is C20H19F3N2O2S2. The van der Waals surface area contributed by atoms with Gasteiger partial charge in [0, 0.05) is 46.3 Å². The van der Waals surface area contributed by atoms with Crippen LogP contribution in [0.1, 0.15) is 26.3 Å². The Morgan fingerprint density at radius 2 is 1.66 bits per heavy atom. The molecule has 4 nitrogen and oxygen atoms in total. The summed E-state index contributed by atoms with van der Waals surface area (Å²) in [6, 6.07) is 10.3. The van der Waals surface area contributed by atoms with E-state index in [0.717, 1.165) is 30.2 Å². The third-order valence-corrected chi connectivity index (χ3v) is 6.05. The second kappa shape index (κ2) is 9.13. The van der Waals surface area contributed by atoms with Gasteiger partial charge in [-0.3, -0.25) is 9.59 Å². The van der Waals surface area contributed by atoms with Gasteiger partial charge in [-0.2, -0.15) is 24.9 Å². The van der Waals surface area contributed by atoms with Crippen LogP contribution in [-0.2, 0) is 0 Å². The van der Waals surface area contributed by atoms with Crippen LogP contribution >= 0.6 is 23.5 Å². The van der Waals surface area contributed by atoms with Crippen LogP contribution in [0.15, 0.2) is 47.4 Å². The predicted molar refractivity (Wildman–Crippen MR) is 111 cm³/mol. The molecule has 1 N–H and O–H groups in total. The van der Waals surface area contributed by atoms with Crippen molar-refractivity contribution in [3.05, 3.63) is 59.2 Å². The summed E-state index contributed by atoms with van der Waals surface area (Å²) in [4.78, 5) is 26.8. The van der Waals surface area contributed by atoms with E-state index in [1.807, 2.05) is 16.7 Å². The van der Waals surface area contributed by atoms with E-state index in [2.05, 4.69) is 5.32 Å². The quantitative estimate of drug-likeness (QED) is 0.676. The fourth-order valence-corrected chi connectivity index (χ4v) is 4.33. The van der Waals surface area contributed by atoms with E-state index in [1.165, 1.54) is 24.3 Å². The molecule has 0 aromatic heterocycles. The number of nitrogens with one attached hydrogen (secondary N) is 1. The van der Waals surface area contributed by atoms with Crippen LogP contribution in [0, 0.1) is 6.92 Å². The number of nitrogens with zero attached hydrogens (tertiary/aromatic N) is 1. The van der Waals surface area contributed by atoms with E-state index < -0.39 is 11.4 Å². The molecule has 0 atom stereocenters. The van der Waals surface area contributed by atoms with Crippen molar-refractivity contribution in [1.29, 1.82) is 0 Å². The molecule has 0 saturated carbocycles. The summed E-state index contributed by atoms with van der Waals surface area (Å²) in [6.07, 6.45) is 0. The van der Waals surface area contributed by atoms with Crippen molar-refractivity contribution >= 4 is 41.0 Å². The number of amides is 2. The summed E-state index contributed by atoms with van der Waals surface area (Å²) in [7, 11) is 0. The summed E-state index contributed by atoms with van der Waals surface area (Å²) < 4.78 is 37.2. The molecule has 0 spiro atoms. The minimum absolute atomic E-state index is 0.0178. The van der Waals surface area contributed by atoms with Gasteiger partial charge < -0.3 is 10.2 Å². The highest BCUT2D eigenvalue weighted by molar-refractivity contribution is 8.00. The molecule has 9 heteroatoms. The smallest absolute Gasteiger partial charge is 0.337 e. The Hall–Kier alpha value is -2.13. The topological polar surface area (TPSA) is 49.4 Å². The van der Waals surface area contributed by atoms with Crippen LogP contribution in [0.4, 0.5) is 18.9 Å². The zero-order valence-electron chi connectivity index (χ0n) is 15.6. The first-order chi connectivity index (χ1) is 13.7. The summed E-state index contributed by atoms with van der Waals surface area (Å²) >= 11 is 1.60. The molecule has 0 bridgehead atoms. The third-order valence-electron chi connectivity index (χ3n) is 4.37. The minimum Gasteiger partial charge on any atom is -0.337 e. The highest BCUT2D eigenvalue weighted by atomic mass is 32.2. The third kappa shape index (κ3) is 5.93. The Labute approximate surface area is 175 Å². The van der Waals surface area contributed by atoms with Crippen LogP contribution in [0.5, 0.6) is 0 Å². The molecular weight excluding hydrogens is 421 g/mol. The zero-order chi connectivity index (χ0) is 21.0. The molecule has 1 fully saturated rings. The lowest BCUT2D eigenvalue weighted by atomic mass is 10.1. The van der Waals surface area contributed by atoms with Gasteiger partial charge in [-0.05, 0) is 66.7 Å². The first-order valence-corrected chi connectivity index (χ1v) is 10.8. The highest BCUT2D eigenvalue weighted by Crippen LogP contribution is 2.36. The second-order valence-electron chi connectivity index (χ2n) is 6.46. The number of hydrogen-bond donors (Lipinski definition) is 1. The van der Waals surface area contributed by atoms with Gasteiger partial charge in [0.1, 0.15) is 0 Å². The van der Waals surface area contributed by atoms with E-state index in [-0.39, 0.29) is 28.1 Å². The second-order valence-corrected chi connectivity index (χ2v) is 8.82. The van der Waals surface area contributed by atoms with Crippen molar-refractivity contribution in [1.82, 2.24) is 4.90 Å². The molecule has 1 heterocycles. The summed E-state index contributed by atoms with van der Waals surface area (Å²) in [5, 5.41) is 2.74. The van der Waals surface area contributed by atoms with Gasteiger partial charge in [0.15, 0.2) is 0 Å². The number of thioether (sulfide) groups is 2. The molecule has 2 aromatic rings. The first-order valence-electron chi connectivity index (χ1n) is 8.88. The van der Waals surface area contributed by atoms with Crippen LogP contribution in [0.25, 0.3) is 0 Å². The molecule has 0 radical (unpaired) electrons. The monoisotopic (exact) mass is 440 g/mol. The molecule has 29 heavy (non-hydrogen) atoms. The average molecular weight is 441 g/mol. The molecule has 154 valence electrons. The summed E-state index contributed by atoms with van der Waals surface area (Å²) in [5.41, 5.74) is -2.26. The first kappa shape index (κ1) is 21.6. The lowest BCUT2D eigenvalue weighted by Gasteiger charge is -2.26. The van der Waals surface area contributed by atoms with E-state index in [9.17, 15) is 22.8 Å². The predicted octanol–water partition coefficient (Wildman–Crippen LogP) is 5.05. The Kier molecular flexibility index (Phi) is 6.79. The number of halogens is 3. The van der Waals surface area contributed by atoms with Crippen LogP contribution < -0.4 is 5.32 Å². The largest absolute Gasteiger partial charge is 0.446 e. The van der Waals surface area contributed by atoms with Crippen LogP contribution in [0.2, 0.25) is 0 Å². The number of rotatable bonds is 4. The van der Waals surface area contributed by atoms with Crippen molar-refractivity contribution < 1.29 is 22.8 Å². The molecule has 1 aliphatic heterocycles. The van der Waals surface area contributed by atoms with Crippen molar-refractivity contribution in [2.75, 3.05) is 29.9 Å². The zero-order valence-corrected chi connectivity index (χ0v) is 17.2. The Morgan fingerprint density at radius 1 is 1.03 bits per heavy atom. The fraction of sp³-hybridized carbons (Fsp3) is 0.300. The van der Waals surface area contributed by atoms with Crippen molar-refractivity contribution in [2.45, 2.75) is 17.3 Å². The van der Waals surface area contributed by atoms with E-state index in [4.69, 9.17) is 0 Å². The molecule has 1 saturated heterocycles. The molecule has 3 rings (SSSR count). The average Bonchev–Trinajstić information content (AvgIpc) is 2.69. The fourth-order valence-electron chi connectivity index (χ4n) is 2.89. The number of carbonyl (C=O) groups excluding carboxylic acids is 2. The molecule has 0 aliphatic carbocycles. The number of anilines is 1. The van der Waals surface area contributed by atoms with Gasteiger partial charge in [0.2, 0.25) is 0 Å². The van der Waals surface area contributed by atoms with Crippen molar-refractivity contribution in [3.8, 4) is 0 Å². The van der Waals surface area contributed by atoms with Crippen LogP contribution in [0.3, 0.4) is 0 Å². The highest BCUT2D eigenvalue weighted by Gasteiger charge is 2.29. The normalized spacial score (nSPS) is 14.6. The Bertz CT molecular complexity index is 896. The maximum Gasteiger partial charge on any atom is 0.446 e. The maximum absolute atomic E-state index is 12.6. The van der Waals surface area contributed by atoms with Crippen LogP contribution in [-0.4, -0.2) is 46.8 Å². The minimum atomic E-state index is -4.37. The molecule has 0 unspecified atom stereocenters. The number of hydrogen-bond acceptors (Lipinski definition) is 4. The number of carbonyl (C=O) groups is 2. The molecule has 1 aliphatic rings. The van der Waals surface area contributed by atoms with Gasteiger partial charge >= 0.3 is 5.51 Å². The summed E-state index contributed by atoms with van der Waals surface area (Å²) in [5.74, 6) is 1.41. The number of aryl methyl sites for hydroxylation is 1. The van der Waals surface area contributed by atoms with Gasteiger partial charge in [0.25, 0.3) is 11.8 Å². The number of benzene rings is 2. The van der Waals surface area contributed by atoms with Gasteiger partial charge in [-0.25, -0.2) is 0 Å². The van der Waals surface area contributed by atoms with E-state index in [1.54, 1.807) is 25.1 Å². The standard InChI is InChI=1S/C20H19F3N2O2S2/c1-13-12-15(19(27)25-8-10-28-11-9-25)4-7-17(13)24-18(26)14-2-5-16(6-3-14)29-20(21,22)23/h2-7,12H,8-11H2,1H3,(H,24,26). The van der Waals surface area contributed by atoms with Gasteiger partial charge in [0.05, 0.1) is 0 Å². The molecule has 2 aromatic carbocycles. The lowest BCUT2D eigenvalue weighted by Crippen LogP contribution is -2.37. The lowest BCUT2D eigenvalue weighted by molar-refractivity contribution is -0.0328. The number of alkyl halides is 3. The SMILES string of the molecule is Cc1cc(C(=O)N2CCSCC2)ccc1NC(=O)c1ccc(SC(F)(F)F)cc1. The van der Waals surface area contributed by atoms with Crippen molar-refractivity contribution in [2.24, 2.45) is 0 Å². The summed E-state index contributed by atoms with van der Waals surface area (Å²) in [6.45, 7) is 3.24.